The summed E-state index contributed by atoms with van der Waals surface area (Å²) in [6.07, 6.45) is -0.946. The van der Waals surface area contributed by atoms with Gasteiger partial charge >= 0.3 is 6.09 Å². The fraction of sp³-hybridized carbons (Fsp3) is 0.458. The second-order valence-electron chi connectivity index (χ2n) is 8.76. The van der Waals surface area contributed by atoms with E-state index in [1.54, 1.807) is 25.8 Å². The number of nitrogens with one attached hydrogen (secondary N) is 1. The molecule has 9 nitrogen and oxygen atoms in total. The van der Waals surface area contributed by atoms with Crippen LogP contribution in [0.15, 0.2) is 52.9 Å². The van der Waals surface area contributed by atoms with E-state index in [0.29, 0.717) is 24.6 Å². The number of ether oxygens (including phenoxy) is 3. The third-order valence-electron chi connectivity index (χ3n) is 6.96. The Balaban J connectivity index is 1.34. The molecule has 0 bridgehead atoms. The molecule has 4 aliphatic rings. The summed E-state index contributed by atoms with van der Waals surface area (Å²) in [6, 6.07) is 10.2. The highest BCUT2D eigenvalue weighted by Gasteiger charge is 2.72. The fourth-order valence-electron chi connectivity index (χ4n) is 5.41. The van der Waals surface area contributed by atoms with Gasteiger partial charge in [-0.25, -0.2) is 4.79 Å². The number of amides is 1. The van der Waals surface area contributed by atoms with Crippen LogP contribution >= 0.6 is 11.8 Å². The van der Waals surface area contributed by atoms with Crippen molar-refractivity contribution in [3.63, 3.8) is 0 Å². The van der Waals surface area contributed by atoms with Crippen LogP contribution in [0.5, 0.6) is 0 Å². The molecule has 4 atom stereocenters. The zero-order valence-corrected chi connectivity index (χ0v) is 19.9. The van der Waals surface area contributed by atoms with Gasteiger partial charge in [0, 0.05) is 42.3 Å². The van der Waals surface area contributed by atoms with Crippen LogP contribution in [-0.2, 0) is 29.6 Å². The van der Waals surface area contributed by atoms with Crippen molar-refractivity contribution in [3.05, 3.63) is 58.5 Å². The third kappa shape index (κ3) is 3.52. The molecule has 10 heteroatoms. The quantitative estimate of drug-likeness (QED) is 0.302. The molecule has 0 radical (unpaired) electrons. The molecule has 3 heterocycles. The van der Waals surface area contributed by atoms with Crippen LogP contribution in [0.3, 0.4) is 0 Å². The van der Waals surface area contributed by atoms with Crippen molar-refractivity contribution >= 4 is 29.4 Å². The fourth-order valence-corrected chi connectivity index (χ4v) is 6.18. The number of nitrogens with zero attached hydrogens (tertiary/aromatic N) is 1. The maximum absolute atomic E-state index is 13.6. The van der Waals surface area contributed by atoms with Gasteiger partial charge in [-0.1, -0.05) is 30.3 Å². The number of allylic oxidation sites excluding steroid dienone is 2. The van der Waals surface area contributed by atoms with E-state index in [-0.39, 0.29) is 47.2 Å². The van der Waals surface area contributed by atoms with Gasteiger partial charge in [-0.15, -0.1) is 0 Å². The zero-order chi connectivity index (χ0) is 24.0. The van der Waals surface area contributed by atoms with E-state index < -0.39 is 17.7 Å². The normalized spacial score (nSPS) is 29.2. The van der Waals surface area contributed by atoms with Crippen LogP contribution in [0, 0.1) is 5.92 Å². The number of ketones is 2. The maximum atomic E-state index is 13.6. The van der Waals surface area contributed by atoms with E-state index in [1.165, 1.54) is 5.56 Å². The number of fused-ring (bicyclic) bond motifs is 4. The second kappa shape index (κ2) is 8.75. The summed E-state index contributed by atoms with van der Waals surface area (Å²) in [5.41, 5.74) is 6.32. The van der Waals surface area contributed by atoms with Crippen molar-refractivity contribution in [1.82, 2.24) is 10.2 Å². The molecule has 0 aromatic heterocycles. The highest BCUT2D eigenvalue weighted by molar-refractivity contribution is 7.98. The van der Waals surface area contributed by atoms with Crippen LogP contribution in [0.2, 0.25) is 0 Å². The highest BCUT2D eigenvalue weighted by atomic mass is 32.2. The number of rotatable bonds is 9. The number of hydrogen-bond donors (Lipinski definition) is 2. The predicted octanol–water partition coefficient (Wildman–Crippen LogP) is 1.34. The van der Waals surface area contributed by atoms with Gasteiger partial charge in [0.15, 0.2) is 11.5 Å². The average molecular weight is 486 g/mol. The summed E-state index contributed by atoms with van der Waals surface area (Å²) in [7, 11) is 1.54. The van der Waals surface area contributed by atoms with Crippen molar-refractivity contribution < 1.29 is 28.6 Å². The monoisotopic (exact) mass is 485 g/mol. The first-order valence-corrected chi connectivity index (χ1v) is 12.4. The Kier molecular flexibility index (Phi) is 5.91. The molecule has 34 heavy (non-hydrogen) atoms. The maximum Gasteiger partial charge on any atom is 0.404 e. The van der Waals surface area contributed by atoms with Gasteiger partial charge in [-0.3, -0.25) is 9.59 Å². The molecular formula is C24H27N3O6S. The lowest BCUT2D eigenvalue weighted by molar-refractivity contribution is -0.137. The van der Waals surface area contributed by atoms with Gasteiger partial charge in [-0.2, -0.15) is 11.8 Å². The number of Topliss-reactive ketones (excluding diaryl/α,β-unsaturated/α-hetero) is 2. The van der Waals surface area contributed by atoms with Gasteiger partial charge in [0.1, 0.15) is 6.61 Å². The third-order valence-corrected chi connectivity index (χ3v) is 7.95. The number of carbonyl (C=O) groups excluding carboxylic acids is 3. The van der Waals surface area contributed by atoms with Crippen LogP contribution < -0.4 is 11.1 Å². The molecule has 3 N–H and O–H groups in total. The summed E-state index contributed by atoms with van der Waals surface area (Å²) in [4.78, 5) is 40.3. The van der Waals surface area contributed by atoms with Gasteiger partial charge in [0.25, 0.3) is 0 Å². The minimum Gasteiger partial charge on any atom is -0.488 e. The van der Waals surface area contributed by atoms with E-state index >= 15 is 0 Å². The molecule has 0 spiro atoms. The van der Waals surface area contributed by atoms with E-state index in [0.717, 1.165) is 5.75 Å². The Morgan fingerprint density at radius 3 is 2.74 bits per heavy atom. The van der Waals surface area contributed by atoms with Crippen LogP contribution in [0.1, 0.15) is 12.5 Å². The summed E-state index contributed by atoms with van der Waals surface area (Å²) < 4.78 is 17.0. The first-order valence-electron chi connectivity index (χ1n) is 11.2. The number of thioether (sulfide) groups is 1. The van der Waals surface area contributed by atoms with Crippen molar-refractivity contribution in [2.75, 3.05) is 32.6 Å². The minimum atomic E-state index is -0.989. The van der Waals surface area contributed by atoms with Gasteiger partial charge in [0.2, 0.25) is 11.6 Å². The van der Waals surface area contributed by atoms with Crippen molar-refractivity contribution in [2.24, 2.45) is 11.7 Å². The molecule has 2 fully saturated rings. The summed E-state index contributed by atoms with van der Waals surface area (Å²) in [5.74, 6) is 0.265. The molecule has 0 saturated carbocycles. The molecule has 3 aliphatic heterocycles. The Morgan fingerprint density at radius 2 is 2.03 bits per heavy atom. The topological polar surface area (TPSA) is 130 Å². The van der Waals surface area contributed by atoms with E-state index in [4.69, 9.17) is 19.9 Å². The number of piperazine rings is 1. The van der Waals surface area contributed by atoms with Crippen LogP contribution in [0.25, 0.3) is 0 Å². The number of benzene rings is 1. The van der Waals surface area contributed by atoms with Gasteiger partial charge < -0.3 is 30.2 Å². The second-order valence-corrected chi connectivity index (χ2v) is 9.87. The Hall–Kier alpha value is -2.82. The first kappa shape index (κ1) is 22.9. The largest absolute Gasteiger partial charge is 0.488 e. The highest BCUT2D eigenvalue weighted by Crippen LogP contribution is 2.55. The van der Waals surface area contributed by atoms with Gasteiger partial charge in [-0.05, 0) is 12.5 Å². The molecular weight excluding hydrogens is 458 g/mol. The summed E-state index contributed by atoms with van der Waals surface area (Å²) in [5, 5.41) is 3.34. The molecule has 1 amide bonds. The Bertz CT molecular complexity index is 1100. The standard InChI is InChI=1S/C24H27N3O6S/c1-13-19(28)18-17(20(29)21(13)32-8-9-34-12-14-6-4-3-5-7-14)15(11-33-23(25)30)24(31-2)22-16(26-22)10-27(18)24/h3-7,15-16,22,26H,8-12H2,1-2H3,(H2,25,30)/t15?,16?,22?,24-/m1/s1. The van der Waals surface area contributed by atoms with E-state index in [1.807, 2.05) is 23.1 Å². The summed E-state index contributed by atoms with van der Waals surface area (Å²) >= 11 is 1.69. The zero-order valence-electron chi connectivity index (χ0n) is 19.0. The van der Waals surface area contributed by atoms with Crippen molar-refractivity contribution in [1.29, 1.82) is 0 Å². The minimum absolute atomic E-state index is 0.0564. The Labute approximate surface area is 201 Å². The van der Waals surface area contributed by atoms with Crippen molar-refractivity contribution in [3.8, 4) is 0 Å². The molecule has 3 unspecified atom stereocenters. The lowest BCUT2D eigenvalue weighted by Crippen LogP contribution is -2.55. The molecule has 5 rings (SSSR count). The number of primary amides is 1. The first-order chi connectivity index (χ1) is 16.4. The number of hydrogen-bond acceptors (Lipinski definition) is 9. The van der Waals surface area contributed by atoms with Crippen molar-refractivity contribution in [2.45, 2.75) is 30.5 Å². The SMILES string of the molecule is CO[C@@]12C(COC(N)=O)C3=C(C(=O)C(C)=C(OCCSCc4ccccc4)C3=O)N1CC1NC12. The molecule has 1 aromatic rings. The average Bonchev–Trinajstić information content (AvgIpc) is 3.44. The molecule has 180 valence electrons. The lowest BCUT2D eigenvalue weighted by Gasteiger charge is -2.39. The van der Waals surface area contributed by atoms with E-state index in [2.05, 4.69) is 17.4 Å². The Morgan fingerprint density at radius 1 is 1.26 bits per heavy atom. The van der Waals surface area contributed by atoms with Crippen LogP contribution in [0.4, 0.5) is 4.79 Å². The van der Waals surface area contributed by atoms with E-state index in [9.17, 15) is 14.4 Å². The number of methoxy groups -OCH3 is 1. The summed E-state index contributed by atoms with van der Waals surface area (Å²) in [6.45, 7) is 2.28. The van der Waals surface area contributed by atoms with Gasteiger partial charge in [0.05, 0.1) is 24.3 Å². The molecule has 1 aromatic carbocycles. The smallest absolute Gasteiger partial charge is 0.404 e. The molecule has 1 aliphatic carbocycles. The van der Waals surface area contributed by atoms with Crippen LogP contribution in [-0.4, -0.2) is 73.0 Å². The molecule has 2 saturated heterocycles. The predicted molar refractivity (Wildman–Crippen MR) is 124 cm³/mol. The lowest BCUT2D eigenvalue weighted by atomic mass is 9.83. The number of carbonyl (C=O) groups is 3. The number of nitrogens with two attached hydrogens (primary N) is 1.